The minimum Gasteiger partial charge on any atom is -0.481 e. The predicted octanol–water partition coefficient (Wildman–Crippen LogP) is 5.12. The summed E-state index contributed by atoms with van der Waals surface area (Å²) in [6, 6.07) is 6.73. The van der Waals surface area contributed by atoms with Crippen LogP contribution in [0.25, 0.3) is 11.3 Å². The molecule has 2 heterocycles. The fourth-order valence-corrected chi connectivity index (χ4v) is 5.91. The normalized spacial score (nSPS) is 24.9. The summed E-state index contributed by atoms with van der Waals surface area (Å²) in [7, 11) is 3.95. The fraction of sp³-hybridized carbons (Fsp3) is 0.583. The number of aromatic nitrogens is 1. The number of carbonyl (C=O) groups is 1. The summed E-state index contributed by atoms with van der Waals surface area (Å²) in [6.45, 7) is 1.97. The van der Waals surface area contributed by atoms with E-state index in [9.17, 15) is 4.79 Å². The first-order chi connectivity index (χ1) is 14.5. The first-order valence-electron chi connectivity index (χ1n) is 11.0. The molecular formula is C24H32N2O3S. The largest absolute Gasteiger partial charge is 0.481 e. The van der Waals surface area contributed by atoms with Crippen molar-refractivity contribution < 1.29 is 14.6 Å². The molecule has 1 atom stereocenters. The van der Waals surface area contributed by atoms with Crippen molar-refractivity contribution in [3.05, 3.63) is 39.7 Å². The highest BCUT2D eigenvalue weighted by atomic mass is 32.1. The fourth-order valence-electron chi connectivity index (χ4n) is 4.91. The van der Waals surface area contributed by atoms with Crippen molar-refractivity contribution in [2.24, 2.45) is 5.92 Å². The third kappa shape index (κ3) is 4.93. The Bertz CT molecular complexity index is 873. The highest BCUT2D eigenvalue weighted by Crippen LogP contribution is 2.40. The molecule has 2 aromatic rings. The number of methoxy groups -OCH3 is 1. The summed E-state index contributed by atoms with van der Waals surface area (Å²) < 4.78 is 5.75. The van der Waals surface area contributed by atoms with Crippen LogP contribution in [0.15, 0.2) is 23.6 Å². The molecule has 1 aromatic carbocycles. The summed E-state index contributed by atoms with van der Waals surface area (Å²) in [5.41, 5.74) is 4.96. The Hall–Kier alpha value is -1.76. The lowest BCUT2D eigenvalue weighted by Gasteiger charge is -2.26. The van der Waals surface area contributed by atoms with Gasteiger partial charge in [-0.25, -0.2) is 4.98 Å². The highest BCUT2D eigenvalue weighted by molar-refractivity contribution is 7.10. The number of carboxylic acids is 1. The molecule has 0 saturated heterocycles. The molecule has 0 radical (unpaired) electrons. The third-order valence-corrected chi connectivity index (χ3v) is 7.80. The van der Waals surface area contributed by atoms with Crippen LogP contribution in [-0.2, 0) is 16.0 Å². The van der Waals surface area contributed by atoms with Crippen LogP contribution >= 0.6 is 11.3 Å². The van der Waals surface area contributed by atoms with Crippen LogP contribution in [0.3, 0.4) is 0 Å². The van der Waals surface area contributed by atoms with Gasteiger partial charge < -0.3 is 14.7 Å². The molecule has 2 aliphatic rings. The van der Waals surface area contributed by atoms with E-state index in [1.807, 2.05) is 0 Å². The molecule has 0 bridgehead atoms. The average molecular weight is 429 g/mol. The van der Waals surface area contributed by atoms with E-state index in [1.54, 1.807) is 18.4 Å². The molecule has 1 N–H and O–H groups in total. The van der Waals surface area contributed by atoms with Crippen LogP contribution in [0.1, 0.15) is 66.7 Å². The lowest BCUT2D eigenvalue weighted by atomic mass is 9.80. The van der Waals surface area contributed by atoms with Crippen LogP contribution in [-0.4, -0.2) is 48.2 Å². The van der Waals surface area contributed by atoms with Gasteiger partial charge in [-0.2, -0.15) is 0 Å². The predicted molar refractivity (Wildman–Crippen MR) is 120 cm³/mol. The van der Waals surface area contributed by atoms with Gasteiger partial charge in [0.15, 0.2) is 0 Å². The lowest BCUT2D eigenvalue weighted by molar-refractivity contribution is -0.137. The van der Waals surface area contributed by atoms with Crippen LogP contribution in [0.2, 0.25) is 0 Å². The molecule has 1 aromatic heterocycles. The number of ether oxygens (including phenoxy) is 1. The molecule has 1 unspecified atom stereocenters. The van der Waals surface area contributed by atoms with E-state index in [4.69, 9.17) is 14.8 Å². The molecule has 1 fully saturated rings. The molecule has 30 heavy (non-hydrogen) atoms. The van der Waals surface area contributed by atoms with E-state index in [-0.39, 0.29) is 6.10 Å². The molecule has 4 rings (SSSR count). The quantitative estimate of drug-likeness (QED) is 0.691. The Morgan fingerprint density at radius 2 is 2.10 bits per heavy atom. The van der Waals surface area contributed by atoms with Crippen molar-refractivity contribution in [3.63, 3.8) is 0 Å². The lowest BCUT2D eigenvalue weighted by Crippen LogP contribution is -2.24. The van der Waals surface area contributed by atoms with Gasteiger partial charge in [-0.15, -0.1) is 11.3 Å². The minimum atomic E-state index is -0.675. The van der Waals surface area contributed by atoms with E-state index >= 15 is 0 Å². The van der Waals surface area contributed by atoms with Gasteiger partial charge in [0.2, 0.25) is 0 Å². The topological polar surface area (TPSA) is 62.7 Å². The highest BCUT2D eigenvalue weighted by Gasteiger charge is 2.26. The number of hydrogen-bond acceptors (Lipinski definition) is 5. The summed E-state index contributed by atoms with van der Waals surface area (Å²) in [5, 5.41) is 12.3. The standard InChI is InChI=1S/C24H32N2O3S/c1-26-12-11-18-13-19(8-9-20(18)22(14-26)29-2)21-15-30-24(25-21)17-6-3-16(4-7-17)5-10-23(27)28/h8-9,13,15-17,22H,3-7,10-12,14H2,1-2H3,(H,27,28). The first-order valence-corrected chi connectivity index (χ1v) is 11.9. The number of carboxylic acid groups (broad SMARTS) is 1. The molecule has 1 aliphatic heterocycles. The van der Waals surface area contributed by atoms with Crippen LogP contribution in [0, 0.1) is 5.92 Å². The molecule has 0 amide bonds. The van der Waals surface area contributed by atoms with E-state index in [2.05, 4.69) is 35.5 Å². The van der Waals surface area contributed by atoms with Gasteiger partial charge in [-0.1, -0.05) is 12.1 Å². The molecular weight excluding hydrogens is 396 g/mol. The van der Waals surface area contributed by atoms with Crippen molar-refractivity contribution in [1.82, 2.24) is 9.88 Å². The van der Waals surface area contributed by atoms with Gasteiger partial charge in [0.1, 0.15) is 0 Å². The Kier molecular flexibility index (Phi) is 6.86. The van der Waals surface area contributed by atoms with Gasteiger partial charge in [0.25, 0.3) is 0 Å². The number of fused-ring (bicyclic) bond motifs is 1. The number of likely N-dealkylation sites (N-methyl/N-ethyl adjacent to an activating group) is 1. The zero-order valence-electron chi connectivity index (χ0n) is 18.0. The summed E-state index contributed by atoms with van der Waals surface area (Å²) in [4.78, 5) is 18.2. The van der Waals surface area contributed by atoms with E-state index in [0.717, 1.165) is 57.3 Å². The van der Waals surface area contributed by atoms with Gasteiger partial charge in [0, 0.05) is 43.5 Å². The zero-order chi connectivity index (χ0) is 21.1. The monoisotopic (exact) mass is 428 g/mol. The maximum Gasteiger partial charge on any atom is 0.303 e. The van der Waals surface area contributed by atoms with Crippen molar-refractivity contribution >= 4 is 17.3 Å². The zero-order valence-corrected chi connectivity index (χ0v) is 18.8. The molecule has 1 saturated carbocycles. The minimum absolute atomic E-state index is 0.129. The third-order valence-electron chi connectivity index (χ3n) is 6.79. The maximum absolute atomic E-state index is 10.8. The molecule has 0 spiro atoms. The average Bonchev–Trinajstić information content (AvgIpc) is 3.19. The number of rotatable bonds is 6. The molecule has 5 nitrogen and oxygen atoms in total. The number of hydrogen-bond donors (Lipinski definition) is 1. The van der Waals surface area contributed by atoms with Gasteiger partial charge in [-0.05, 0) is 68.7 Å². The van der Waals surface area contributed by atoms with Crippen molar-refractivity contribution in [3.8, 4) is 11.3 Å². The first kappa shape index (κ1) is 21.5. The van der Waals surface area contributed by atoms with Crippen molar-refractivity contribution in [2.75, 3.05) is 27.2 Å². The number of aliphatic carboxylic acids is 1. The summed E-state index contributed by atoms with van der Waals surface area (Å²) >= 11 is 1.78. The Labute approximate surface area is 183 Å². The Morgan fingerprint density at radius 1 is 1.30 bits per heavy atom. The molecule has 6 heteroatoms. The number of nitrogens with zero attached hydrogens (tertiary/aromatic N) is 2. The number of benzene rings is 1. The van der Waals surface area contributed by atoms with E-state index in [1.165, 1.54) is 21.7 Å². The van der Waals surface area contributed by atoms with Gasteiger partial charge in [0.05, 0.1) is 16.8 Å². The smallest absolute Gasteiger partial charge is 0.303 e. The van der Waals surface area contributed by atoms with Gasteiger partial charge in [-0.3, -0.25) is 4.79 Å². The molecule has 1 aliphatic carbocycles. The molecule has 162 valence electrons. The van der Waals surface area contributed by atoms with Crippen LogP contribution < -0.4 is 0 Å². The van der Waals surface area contributed by atoms with Gasteiger partial charge >= 0.3 is 5.97 Å². The Morgan fingerprint density at radius 3 is 2.83 bits per heavy atom. The summed E-state index contributed by atoms with van der Waals surface area (Å²) in [6.07, 6.45) is 6.79. The van der Waals surface area contributed by atoms with E-state index < -0.39 is 5.97 Å². The van der Waals surface area contributed by atoms with Crippen molar-refractivity contribution in [1.29, 1.82) is 0 Å². The van der Waals surface area contributed by atoms with Crippen LogP contribution in [0.4, 0.5) is 0 Å². The second-order valence-electron chi connectivity index (χ2n) is 8.87. The second kappa shape index (κ2) is 9.58. The van der Waals surface area contributed by atoms with Crippen LogP contribution in [0.5, 0.6) is 0 Å². The summed E-state index contributed by atoms with van der Waals surface area (Å²) in [5.74, 6) is 0.413. The number of thiazole rings is 1. The maximum atomic E-state index is 10.8. The van der Waals surface area contributed by atoms with Crippen molar-refractivity contribution in [2.45, 2.75) is 57.0 Å². The van der Waals surface area contributed by atoms with E-state index in [0.29, 0.717) is 18.3 Å². The SMILES string of the molecule is COC1CN(C)CCc2cc(-c3csc(C4CCC(CCC(=O)O)CC4)n3)ccc21. The Balaban J connectivity index is 1.44. The second-order valence-corrected chi connectivity index (χ2v) is 9.76.